The summed E-state index contributed by atoms with van der Waals surface area (Å²) in [7, 11) is 0. The smallest absolute Gasteiger partial charge is 0.307 e. The maximum absolute atomic E-state index is 10.7. The van der Waals surface area contributed by atoms with Gasteiger partial charge in [0.1, 0.15) is 0 Å². The number of ether oxygens (including phenoxy) is 2. The van der Waals surface area contributed by atoms with Crippen molar-refractivity contribution in [3.63, 3.8) is 0 Å². The van der Waals surface area contributed by atoms with Crippen molar-refractivity contribution in [1.29, 1.82) is 0 Å². The number of carboxylic acids is 1. The van der Waals surface area contributed by atoms with Crippen LogP contribution in [-0.2, 0) is 11.2 Å². The molecule has 0 unspecified atom stereocenters. The molecule has 1 N–H and O–H groups in total. The molecule has 0 aromatic heterocycles. The van der Waals surface area contributed by atoms with E-state index in [1.165, 1.54) is 12.8 Å². The van der Waals surface area contributed by atoms with Gasteiger partial charge in [-0.25, -0.2) is 0 Å². The van der Waals surface area contributed by atoms with Gasteiger partial charge in [-0.05, 0) is 43.4 Å². The molecule has 4 nitrogen and oxygen atoms in total. The molecule has 0 aliphatic heterocycles. The van der Waals surface area contributed by atoms with Crippen LogP contribution >= 0.6 is 0 Å². The molecule has 0 amide bonds. The van der Waals surface area contributed by atoms with E-state index in [0.717, 1.165) is 5.56 Å². The Morgan fingerprint density at radius 3 is 2.72 bits per heavy atom. The molecule has 1 aromatic rings. The molecule has 98 valence electrons. The van der Waals surface area contributed by atoms with Gasteiger partial charge in [0.25, 0.3) is 0 Å². The fourth-order valence-corrected chi connectivity index (χ4v) is 1.72. The third-order valence-electron chi connectivity index (χ3n) is 2.83. The first-order chi connectivity index (χ1) is 8.69. The summed E-state index contributed by atoms with van der Waals surface area (Å²) in [4.78, 5) is 10.7. The monoisotopic (exact) mass is 250 g/mol. The predicted octanol–water partition coefficient (Wildman–Crippen LogP) is 2.50. The average molecular weight is 250 g/mol. The summed E-state index contributed by atoms with van der Waals surface area (Å²) in [6.07, 6.45) is 2.45. The lowest BCUT2D eigenvalue weighted by Gasteiger charge is -2.12. The lowest BCUT2D eigenvalue weighted by molar-refractivity contribution is -0.136. The molecular weight excluding hydrogens is 232 g/mol. The Kier molecular flexibility index (Phi) is 4.07. The van der Waals surface area contributed by atoms with Crippen LogP contribution in [0.1, 0.15) is 25.3 Å². The Morgan fingerprint density at radius 1 is 1.33 bits per heavy atom. The maximum Gasteiger partial charge on any atom is 0.307 e. The third kappa shape index (κ3) is 3.65. The number of hydrogen-bond acceptors (Lipinski definition) is 3. The third-order valence-corrected chi connectivity index (χ3v) is 2.83. The zero-order valence-corrected chi connectivity index (χ0v) is 10.5. The van der Waals surface area contributed by atoms with Crippen LogP contribution in [-0.4, -0.2) is 24.3 Å². The zero-order valence-electron chi connectivity index (χ0n) is 10.5. The quantitative estimate of drug-likeness (QED) is 0.807. The second-order valence-corrected chi connectivity index (χ2v) is 4.54. The topological polar surface area (TPSA) is 55.8 Å². The minimum absolute atomic E-state index is 0.00614. The maximum atomic E-state index is 10.7. The van der Waals surface area contributed by atoms with Gasteiger partial charge in [0, 0.05) is 0 Å². The van der Waals surface area contributed by atoms with E-state index in [4.69, 9.17) is 14.6 Å². The molecule has 0 saturated heterocycles. The van der Waals surface area contributed by atoms with Crippen LogP contribution in [0.3, 0.4) is 0 Å². The van der Waals surface area contributed by atoms with Gasteiger partial charge in [-0.1, -0.05) is 6.07 Å². The molecule has 0 bridgehead atoms. The first-order valence-electron chi connectivity index (χ1n) is 6.29. The zero-order chi connectivity index (χ0) is 13.0. The Bertz CT molecular complexity index is 424. The summed E-state index contributed by atoms with van der Waals surface area (Å²) in [5.41, 5.74) is 0.733. The molecule has 1 aliphatic carbocycles. The van der Waals surface area contributed by atoms with Crippen LogP contribution < -0.4 is 9.47 Å². The average Bonchev–Trinajstić information content (AvgIpc) is 3.12. The number of benzene rings is 1. The summed E-state index contributed by atoms with van der Waals surface area (Å²) in [5, 5.41) is 8.79. The van der Waals surface area contributed by atoms with Crippen molar-refractivity contribution in [2.75, 3.05) is 13.2 Å². The normalized spacial score (nSPS) is 14.3. The predicted molar refractivity (Wildman–Crippen MR) is 67.2 cm³/mol. The molecule has 0 heterocycles. The molecule has 0 spiro atoms. The summed E-state index contributed by atoms with van der Waals surface area (Å²) in [5.74, 6) is 1.16. The highest BCUT2D eigenvalue weighted by Crippen LogP contribution is 2.33. The van der Waals surface area contributed by atoms with Crippen LogP contribution in [0.2, 0.25) is 0 Å². The van der Waals surface area contributed by atoms with Gasteiger partial charge in [-0.3, -0.25) is 4.79 Å². The van der Waals surface area contributed by atoms with Gasteiger partial charge in [0.2, 0.25) is 0 Å². The van der Waals surface area contributed by atoms with Crippen molar-refractivity contribution in [1.82, 2.24) is 0 Å². The van der Waals surface area contributed by atoms with Gasteiger partial charge in [0.15, 0.2) is 11.5 Å². The van der Waals surface area contributed by atoms with Gasteiger partial charge < -0.3 is 14.6 Å². The van der Waals surface area contributed by atoms with Crippen LogP contribution in [0.5, 0.6) is 11.5 Å². The Balaban J connectivity index is 2.10. The highest BCUT2D eigenvalue weighted by atomic mass is 16.5. The fraction of sp³-hybridized carbons (Fsp3) is 0.500. The second-order valence-electron chi connectivity index (χ2n) is 4.54. The molecule has 1 aromatic carbocycles. The number of hydrogen-bond donors (Lipinski definition) is 1. The van der Waals surface area contributed by atoms with Crippen molar-refractivity contribution in [3.8, 4) is 11.5 Å². The minimum Gasteiger partial charge on any atom is -0.490 e. The first-order valence-corrected chi connectivity index (χ1v) is 6.29. The Hall–Kier alpha value is -1.71. The highest BCUT2D eigenvalue weighted by Gasteiger charge is 2.22. The van der Waals surface area contributed by atoms with E-state index in [2.05, 4.69) is 0 Å². The van der Waals surface area contributed by atoms with Crippen LogP contribution in [0, 0.1) is 5.92 Å². The molecule has 0 radical (unpaired) electrons. The van der Waals surface area contributed by atoms with Crippen LogP contribution in [0.15, 0.2) is 18.2 Å². The molecule has 4 heteroatoms. The largest absolute Gasteiger partial charge is 0.490 e. The molecule has 1 fully saturated rings. The summed E-state index contributed by atoms with van der Waals surface area (Å²) in [6.45, 7) is 3.17. The Morgan fingerprint density at radius 2 is 2.11 bits per heavy atom. The standard InChI is InChI=1S/C14H18O4/c1-2-17-12-6-5-11(8-14(15)16)7-13(12)18-9-10-3-4-10/h5-7,10H,2-4,8-9H2,1H3,(H,15,16). The van der Waals surface area contributed by atoms with E-state index in [1.807, 2.05) is 6.92 Å². The van der Waals surface area contributed by atoms with Gasteiger partial charge in [-0.2, -0.15) is 0 Å². The summed E-state index contributed by atoms with van der Waals surface area (Å²) >= 11 is 0. The fourth-order valence-electron chi connectivity index (χ4n) is 1.72. The number of carbonyl (C=O) groups is 1. The van der Waals surface area contributed by atoms with Crippen molar-refractivity contribution < 1.29 is 19.4 Å². The van der Waals surface area contributed by atoms with Crippen molar-refractivity contribution in [3.05, 3.63) is 23.8 Å². The van der Waals surface area contributed by atoms with Crippen molar-refractivity contribution >= 4 is 5.97 Å². The SMILES string of the molecule is CCOc1ccc(CC(=O)O)cc1OCC1CC1. The Labute approximate surface area is 107 Å². The second kappa shape index (κ2) is 5.76. The molecule has 0 atom stereocenters. The lowest BCUT2D eigenvalue weighted by atomic mass is 10.1. The molecule has 1 saturated carbocycles. The van der Waals surface area contributed by atoms with Crippen molar-refractivity contribution in [2.24, 2.45) is 5.92 Å². The highest BCUT2D eigenvalue weighted by molar-refractivity contribution is 5.70. The van der Waals surface area contributed by atoms with E-state index < -0.39 is 5.97 Å². The first kappa shape index (κ1) is 12.7. The van der Waals surface area contributed by atoms with E-state index in [1.54, 1.807) is 18.2 Å². The van der Waals surface area contributed by atoms with Crippen LogP contribution in [0.4, 0.5) is 0 Å². The lowest BCUT2D eigenvalue weighted by Crippen LogP contribution is -2.04. The summed E-state index contributed by atoms with van der Waals surface area (Å²) < 4.78 is 11.2. The molecule has 1 aliphatic rings. The molecular formula is C14H18O4. The summed E-state index contributed by atoms with van der Waals surface area (Å²) in [6, 6.07) is 5.31. The van der Waals surface area contributed by atoms with Crippen LogP contribution in [0.25, 0.3) is 0 Å². The van der Waals surface area contributed by atoms with Crippen molar-refractivity contribution in [2.45, 2.75) is 26.2 Å². The van der Waals surface area contributed by atoms with E-state index in [0.29, 0.717) is 30.6 Å². The minimum atomic E-state index is -0.840. The molecule has 2 rings (SSSR count). The van der Waals surface area contributed by atoms with E-state index >= 15 is 0 Å². The van der Waals surface area contributed by atoms with Gasteiger partial charge >= 0.3 is 5.97 Å². The number of carboxylic acid groups (broad SMARTS) is 1. The molecule has 18 heavy (non-hydrogen) atoms. The van der Waals surface area contributed by atoms with Gasteiger partial charge in [-0.15, -0.1) is 0 Å². The van der Waals surface area contributed by atoms with Gasteiger partial charge in [0.05, 0.1) is 19.6 Å². The number of rotatable bonds is 7. The van der Waals surface area contributed by atoms with E-state index in [9.17, 15) is 4.79 Å². The van der Waals surface area contributed by atoms with E-state index in [-0.39, 0.29) is 6.42 Å². The number of aliphatic carboxylic acids is 1.